The van der Waals surface area contributed by atoms with E-state index in [9.17, 15) is 4.79 Å². The van der Waals surface area contributed by atoms with Crippen LogP contribution in [-0.4, -0.2) is 47.2 Å². The van der Waals surface area contributed by atoms with Gasteiger partial charge < -0.3 is 15.0 Å². The first kappa shape index (κ1) is 22.0. The molecule has 3 rings (SSSR count). The summed E-state index contributed by atoms with van der Waals surface area (Å²) in [6, 6.07) is 7.70. The molecule has 1 aromatic carbocycles. The third kappa shape index (κ3) is 4.70. The number of hydrogen-bond acceptors (Lipinski definition) is 7. The number of benzene rings is 1. The zero-order valence-corrected chi connectivity index (χ0v) is 18.8. The fourth-order valence-corrected chi connectivity index (χ4v) is 4.15. The zero-order chi connectivity index (χ0) is 21.7. The SMILES string of the molecule is C=CCOC(=O)C1=C(C)Nc2nc(SCCCC)nn2C1c1ccc(N(C)C)cc1. The van der Waals surface area contributed by atoms with Crippen molar-refractivity contribution in [3.63, 3.8) is 0 Å². The van der Waals surface area contributed by atoms with Gasteiger partial charge in [-0.05, 0) is 31.0 Å². The average Bonchev–Trinajstić information content (AvgIpc) is 3.13. The summed E-state index contributed by atoms with van der Waals surface area (Å²) >= 11 is 1.63. The number of carbonyl (C=O) groups is 1. The molecule has 1 atom stereocenters. The standard InChI is InChI=1S/C22H29N5O2S/c1-6-8-14-30-22-24-21-23-15(3)18(20(28)29-13-7-2)19(27(21)25-22)16-9-11-17(12-10-16)26(4)5/h7,9-12,19H,2,6,8,13-14H2,1,3-5H3,(H,23,24,25). The van der Waals surface area contributed by atoms with Crippen LogP contribution in [0.5, 0.6) is 0 Å². The Morgan fingerprint density at radius 1 is 1.37 bits per heavy atom. The van der Waals surface area contributed by atoms with Crippen LogP contribution in [-0.2, 0) is 9.53 Å². The number of carbonyl (C=O) groups excluding carboxylic acids is 1. The monoisotopic (exact) mass is 427 g/mol. The summed E-state index contributed by atoms with van der Waals surface area (Å²) in [5.41, 5.74) is 3.27. The number of anilines is 2. The summed E-state index contributed by atoms with van der Waals surface area (Å²) in [7, 11) is 3.99. The summed E-state index contributed by atoms with van der Waals surface area (Å²) in [6.07, 6.45) is 3.79. The van der Waals surface area contributed by atoms with Crippen LogP contribution < -0.4 is 10.2 Å². The molecule has 0 aliphatic carbocycles. The van der Waals surface area contributed by atoms with Crippen LogP contribution >= 0.6 is 11.8 Å². The number of thioether (sulfide) groups is 1. The van der Waals surface area contributed by atoms with Gasteiger partial charge in [-0.1, -0.05) is 49.9 Å². The van der Waals surface area contributed by atoms with Gasteiger partial charge in [0.1, 0.15) is 12.6 Å². The Kier molecular flexibility index (Phi) is 7.20. The molecule has 2 aromatic rings. The van der Waals surface area contributed by atoms with Crippen molar-refractivity contribution in [3.8, 4) is 0 Å². The van der Waals surface area contributed by atoms with Gasteiger partial charge in [-0.3, -0.25) is 0 Å². The molecule has 1 aromatic heterocycles. The number of nitrogens with zero attached hydrogens (tertiary/aromatic N) is 4. The van der Waals surface area contributed by atoms with Crippen molar-refractivity contribution in [2.24, 2.45) is 0 Å². The van der Waals surface area contributed by atoms with Crippen molar-refractivity contribution in [3.05, 3.63) is 53.8 Å². The van der Waals surface area contributed by atoms with E-state index in [1.165, 1.54) is 0 Å². The van der Waals surface area contributed by atoms with Gasteiger partial charge in [0.15, 0.2) is 0 Å². The Morgan fingerprint density at radius 2 is 2.10 bits per heavy atom. The van der Waals surface area contributed by atoms with Gasteiger partial charge >= 0.3 is 5.97 Å². The first-order chi connectivity index (χ1) is 14.5. The number of esters is 1. The van der Waals surface area contributed by atoms with Gasteiger partial charge in [0.05, 0.1) is 5.57 Å². The highest BCUT2D eigenvalue weighted by atomic mass is 32.2. The Labute approximate surface area is 182 Å². The van der Waals surface area contributed by atoms with Crippen LogP contribution in [0.3, 0.4) is 0 Å². The molecule has 1 aliphatic rings. The van der Waals surface area contributed by atoms with Crippen LogP contribution in [0.2, 0.25) is 0 Å². The predicted octanol–water partition coefficient (Wildman–Crippen LogP) is 4.25. The number of hydrogen-bond donors (Lipinski definition) is 1. The van der Waals surface area contributed by atoms with Crippen LogP contribution in [0.4, 0.5) is 11.6 Å². The van der Waals surface area contributed by atoms with Gasteiger partial charge in [-0.2, -0.15) is 4.98 Å². The number of aromatic nitrogens is 3. The highest BCUT2D eigenvalue weighted by molar-refractivity contribution is 7.99. The highest BCUT2D eigenvalue weighted by Crippen LogP contribution is 2.37. The predicted molar refractivity (Wildman–Crippen MR) is 122 cm³/mol. The lowest BCUT2D eigenvalue weighted by Crippen LogP contribution is -2.29. The zero-order valence-electron chi connectivity index (χ0n) is 18.0. The second kappa shape index (κ2) is 9.84. The number of nitrogens with one attached hydrogen (secondary N) is 1. The fourth-order valence-electron chi connectivity index (χ4n) is 3.24. The van der Waals surface area contributed by atoms with Gasteiger partial charge in [-0.15, -0.1) is 5.10 Å². The van der Waals surface area contributed by atoms with E-state index in [0.29, 0.717) is 16.7 Å². The highest BCUT2D eigenvalue weighted by Gasteiger charge is 2.35. The maximum absolute atomic E-state index is 12.9. The number of rotatable bonds is 9. The molecule has 0 amide bonds. The molecule has 0 bridgehead atoms. The minimum atomic E-state index is -0.414. The smallest absolute Gasteiger partial charge is 0.338 e. The summed E-state index contributed by atoms with van der Waals surface area (Å²) in [6.45, 7) is 7.82. The van der Waals surface area contributed by atoms with Gasteiger partial charge in [0.2, 0.25) is 11.1 Å². The van der Waals surface area contributed by atoms with Crippen molar-refractivity contribution >= 4 is 29.4 Å². The Balaban J connectivity index is 2.02. The largest absolute Gasteiger partial charge is 0.458 e. The molecule has 0 radical (unpaired) electrons. The third-order valence-corrected chi connectivity index (χ3v) is 5.76. The van der Waals surface area contributed by atoms with Crippen molar-refractivity contribution in [1.29, 1.82) is 0 Å². The lowest BCUT2D eigenvalue weighted by Gasteiger charge is -2.28. The van der Waals surface area contributed by atoms with E-state index in [1.807, 2.05) is 50.2 Å². The topological polar surface area (TPSA) is 72.3 Å². The Morgan fingerprint density at radius 3 is 2.73 bits per heavy atom. The Bertz CT molecular complexity index is 934. The first-order valence-electron chi connectivity index (χ1n) is 10.1. The second-order valence-electron chi connectivity index (χ2n) is 7.30. The minimum Gasteiger partial charge on any atom is -0.458 e. The van der Waals surface area contributed by atoms with Crippen molar-refractivity contribution in [1.82, 2.24) is 14.8 Å². The number of allylic oxidation sites excluding steroid dienone is 1. The normalized spacial score (nSPS) is 15.4. The van der Waals surface area contributed by atoms with Crippen LogP contribution in [0.15, 0.2) is 53.3 Å². The number of unbranched alkanes of at least 4 members (excludes halogenated alkanes) is 1. The molecule has 0 saturated carbocycles. The van der Waals surface area contributed by atoms with Crippen molar-refractivity contribution in [2.45, 2.75) is 37.9 Å². The molecule has 8 heteroatoms. The van der Waals surface area contributed by atoms with Crippen molar-refractivity contribution in [2.75, 3.05) is 36.7 Å². The molecule has 30 heavy (non-hydrogen) atoms. The maximum Gasteiger partial charge on any atom is 0.338 e. The van der Waals surface area contributed by atoms with Gasteiger partial charge in [-0.25, -0.2) is 9.48 Å². The van der Waals surface area contributed by atoms with Crippen LogP contribution in [0.25, 0.3) is 0 Å². The van der Waals surface area contributed by atoms with Gasteiger partial charge in [0, 0.05) is 31.2 Å². The quantitative estimate of drug-likeness (QED) is 0.277. The molecule has 1 N–H and O–H groups in total. The first-order valence-corrected chi connectivity index (χ1v) is 11.1. The van der Waals surface area contributed by atoms with Crippen molar-refractivity contribution < 1.29 is 9.53 Å². The third-order valence-electron chi connectivity index (χ3n) is 4.84. The lowest BCUT2D eigenvalue weighted by atomic mass is 9.95. The van der Waals surface area contributed by atoms with E-state index in [-0.39, 0.29) is 12.6 Å². The molecule has 1 unspecified atom stereocenters. The van der Waals surface area contributed by atoms with E-state index in [1.54, 1.807) is 22.5 Å². The Hall–Kier alpha value is -2.74. The van der Waals surface area contributed by atoms with E-state index in [4.69, 9.17) is 9.84 Å². The lowest BCUT2D eigenvalue weighted by molar-refractivity contribution is -0.138. The number of fused-ring (bicyclic) bond motifs is 1. The molecule has 1 aliphatic heterocycles. The van der Waals surface area contributed by atoms with E-state index < -0.39 is 6.04 Å². The van der Waals surface area contributed by atoms with Crippen LogP contribution in [0.1, 0.15) is 38.3 Å². The molecular formula is C22H29N5O2S. The molecule has 2 heterocycles. The molecule has 0 spiro atoms. The van der Waals surface area contributed by atoms with E-state index >= 15 is 0 Å². The average molecular weight is 428 g/mol. The second-order valence-corrected chi connectivity index (χ2v) is 8.37. The van der Waals surface area contributed by atoms with Gasteiger partial charge in [0.25, 0.3) is 0 Å². The maximum atomic E-state index is 12.9. The van der Waals surface area contributed by atoms with E-state index in [0.717, 1.165) is 35.5 Å². The fraction of sp³-hybridized carbons (Fsp3) is 0.409. The number of ether oxygens (including phenoxy) is 1. The molecular weight excluding hydrogens is 398 g/mol. The summed E-state index contributed by atoms with van der Waals surface area (Å²) < 4.78 is 7.17. The molecule has 7 nitrogen and oxygen atoms in total. The van der Waals surface area contributed by atoms with Crippen LogP contribution in [0, 0.1) is 0 Å². The summed E-state index contributed by atoms with van der Waals surface area (Å²) in [5, 5.41) is 8.65. The molecule has 0 fully saturated rings. The molecule has 160 valence electrons. The summed E-state index contributed by atoms with van der Waals surface area (Å²) in [4.78, 5) is 19.6. The molecule has 0 saturated heterocycles. The van der Waals surface area contributed by atoms with E-state index in [2.05, 4.69) is 23.8 Å². The minimum absolute atomic E-state index is 0.157. The summed E-state index contributed by atoms with van der Waals surface area (Å²) in [5.74, 6) is 1.21.